The number of carbonyl (C=O) groups is 1. The number of nitrogens with zero attached hydrogens (tertiary/aromatic N) is 1. The number of carboxylic acid groups (broad SMARTS) is 1. The molecule has 116 valence electrons. The lowest BCUT2D eigenvalue weighted by Crippen LogP contribution is -2.36. The van der Waals surface area contributed by atoms with Crippen molar-refractivity contribution < 1.29 is 18.3 Å². The summed E-state index contributed by atoms with van der Waals surface area (Å²) in [6.07, 6.45) is 0. The molecule has 0 radical (unpaired) electrons. The Balaban J connectivity index is 2.61. The Morgan fingerprint density at radius 3 is 2.27 bits per heavy atom. The summed E-state index contributed by atoms with van der Waals surface area (Å²) in [6, 6.07) is 13.0. The summed E-state index contributed by atoms with van der Waals surface area (Å²) in [6.45, 7) is 3.01. The molecule has 0 aliphatic rings. The number of aliphatic carboxylic acids is 1. The maximum absolute atomic E-state index is 12.8. The molecule has 22 heavy (non-hydrogen) atoms. The fraction of sp³-hybridized carbons (Fsp3) is 0.188. The van der Waals surface area contributed by atoms with Gasteiger partial charge in [0.15, 0.2) is 0 Å². The van der Waals surface area contributed by atoms with E-state index in [0.29, 0.717) is 5.69 Å². The lowest BCUT2D eigenvalue weighted by Gasteiger charge is -2.25. The van der Waals surface area contributed by atoms with E-state index in [1.165, 1.54) is 12.1 Å². The van der Waals surface area contributed by atoms with Crippen molar-refractivity contribution in [2.75, 3.05) is 10.8 Å². The number of benzene rings is 2. The quantitative estimate of drug-likeness (QED) is 0.919. The zero-order valence-electron chi connectivity index (χ0n) is 12.4. The molecular weight excluding hydrogens is 302 g/mol. The van der Waals surface area contributed by atoms with Crippen molar-refractivity contribution in [3.05, 3.63) is 59.7 Å². The summed E-state index contributed by atoms with van der Waals surface area (Å²) in [5.74, 6) is -1.21. The minimum Gasteiger partial charge on any atom is -0.480 e. The maximum Gasteiger partial charge on any atom is 0.324 e. The van der Waals surface area contributed by atoms with Crippen molar-refractivity contribution in [2.45, 2.75) is 18.7 Å². The van der Waals surface area contributed by atoms with E-state index in [1.807, 2.05) is 13.0 Å². The van der Waals surface area contributed by atoms with Crippen molar-refractivity contribution in [1.82, 2.24) is 0 Å². The van der Waals surface area contributed by atoms with Crippen LogP contribution in [-0.2, 0) is 14.8 Å². The van der Waals surface area contributed by atoms with Gasteiger partial charge in [-0.2, -0.15) is 0 Å². The van der Waals surface area contributed by atoms with Gasteiger partial charge in [-0.25, -0.2) is 8.42 Å². The van der Waals surface area contributed by atoms with Crippen LogP contribution >= 0.6 is 0 Å². The third kappa shape index (κ3) is 3.12. The highest BCUT2D eigenvalue weighted by Gasteiger charge is 2.28. The molecule has 0 aliphatic carbocycles. The third-order valence-corrected chi connectivity index (χ3v) is 5.23. The number of hydrogen-bond acceptors (Lipinski definition) is 3. The average molecular weight is 319 g/mol. The summed E-state index contributed by atoms with van der Waals surface area (Å²) < 4.78 is 26.5. The molecule has 0 saturated carbocycles. The molecule has 0 aromatic heterocycles. The average Bonchev–Trinajstić information content (AvgIpc) is 2.48. The summed E-state index contributed by atoms with van der Waals surface area (Å²) in [7, 11) is -3.94. The van der Waals surface area contributed by atoms with Gasteiger partial charge in [0.1, 0.15) is 6.54 Å². The molecule has 6 heteroatoms. The van der Waals surface area contributed by atoms with Crippen molar-refractivity contribution in [2.24, 2.45) is 0 Å². The van der Waals surface area contributed by atoms with Crippen LogP contribution in [0.2, 0.25) is 0 Å². The lowest BCUT2D eigenvalue weighted by molar-refractivity contribution is -0.135. The molecule has 0 spiro atoms. The van der Waals surface area contributed by atoms with Gasteiger partial charge in [0.05, 0.1) is 10.6 Å². The number of rotatable bonds is 5. The molecule has 2 aromatic rings. The monoisotopic (exact) mass is 319 g/mol. The van der Waals surface area contributed by atoms with E-state index in [2.05, 4.69) is 0 Å². The van der Waals surface area contributed by atoms with Crippen LogP contribution in [0.25, 0.3) is 0 Å². The predicted molar refractivity (Wildman–Crippen MR) is 84.5 cm³/mol. The Hall–Kier alpha value is -2.34. The largest absolute Gasteiger partial charge is 0.480 e. The Bertz CT molecular complexity index is 785. The molecule has 2 rings (SSSR count). The molecule has 0 bridgehead atoms. The highest BCUT2D eigenvalue weighted by Crippen LogP contribution is 2.28. The van der Waals surface area contributed by atoms with Gasteiger partial charge in [0.25, 0.3) is 10.0 Å². The molecule has 0 unspecified atom stereocenters. The fourth-order valence-electron chi connectivity index (χ4n) is 2.15. The van der Waals surface area contributed by atoms with Crippen molar-refractivity contribution in [3.8, 4) is 0 Å². The molecule has 0 saturated heterocycles. The van der Waals surface area contributed by atoms with Gasteiger partial charge >= 0.3 is 5.97 Å². The molecule has 1 N–H and O–H groups in total. The molecule has 0 heterocycles. The molecule has 0 amide bonds. The SMILES string of the molecule is Cc1cccc(N(CC(=O)O)S(=O)(=O)c2ccccc2)c1C. The number of anilines is 1. The van der Waals surface area contributed by atoms with Crippen LogP contribution in [0, 0.1) is 13.8 Å². The minimum atomic E-state index is -3.94. The van der Waals surface area contributed by atoms with Gasteiger partial charge in [-0.15, -0.1) is 0 Å². The second kappa shape index (κ2) is 6.19. The smallest absolute Gasteiger partial charge is 0.324 e. The summed E-state index contributed by atoms with van der Waals surface area (Å²) in [4.78, 5) is 11.2. The van der Waals surface area contributed by atoms with E-state index >= 15 is 0 Å². The van der Waals surface area contributed by atoms with Crippen LogP contribution in [0.15, 0.2) is 53.4 Å². The molecule has 0 fully saturated rings. The predicted octanol–water partition coefficient (Wildman–Crippen LogP) is 2.58. The summed E-state index contributed by atoms with van der Waals surface area (Å²) in [5, 5.41) is 9.11. The summed E-state index contributed by atoms with van der Waals surface area (Å²) in [5.41, 5.74) is 2.02. The first-order chi connectivity index (χ1) is 10.3. The van der Waals surface area contributed by atoms with Gasteiger partial charge in [-0.1, -0.05) is 30.3 Å². The topological polar surface area (TPSA) is 74.7 Å². The van der Waals surface area contributed by atoms with E-state index in [4.69, 9.17) is 5.11 Å². The van der Waals surface area contributed by atoms with Crippen LogP contribution in [0.3, 0.4) is 0 Å². The first-order valence-corrected chi connectivity index (χ1v) is 8.14. The van der Waals surface area contributed by atoms with Gasteiger partial charge in [-0.3, -0.25) is 9.10 Å². The zero-order valence-corrected chi connectivity index (χ0v) is 13.2. The van der Waals surface area contributed by atoms with Gasteiger partial charge in [-0.05, 0) is 43.2 Å². The van der Waals surface area contributed by atoms with Crippen molar-refractivity contribution in [1.29, 1.82) is 0 Å². The summed E-state index contributed by atoms with van der Waals surface area (Å²) >= 11 is 0. The molecule has 5 nitrogen and oxygen atoms in total. The van der Waals surface area contributed by atoms with Gasteiger partial charge < -0.3 is 5.11 Å². The Morgan fingerprint density at radius 2 is 1.68 bits per heavy atom. The molecule has 0 aliphatic heterocycles. The molecule has 2 aromatic carbocycles. The van der Waals surface area contributed by atoms with Crippen LogP contribution in [0.4, 0.5) is 5.69 Å². The number of sulfonamides is 1. The van der Waals surface area contributed by atoms with Crippen LogP contribution < -0.4 is 4.31 Å². The van der Waals surface area contributed by atoms with Crippen LogP contribution in [0.5, 0.6) is 0 Å². The minimum absolute atomic E-state index is 0.0668. The first-order valence-electron chi connectivity index (χ1n) is 6.70. The molecule has 0 atom stereocenters. The first kappa shape index (κ1) is 16.0. The lowest BCUT2D eigenvalue weighted by atomic mass is 10.1. The third-order valence-electron chi connectivity index (χ3n) is 3.45. The van der Waals surface area contributed by atoms with Gasteiger partial charge in [0.2, 0.25) is 0 Å². The highest BCUT2D eigenvalue weighted by atomic mass is 32.2. The number of aryl methyl sites for hydroxylation is 1. The normalized spacial score (nSPS) is 11.2. The Labute approximate surface area is 129 Å². The van der Waals surface area contributed by atoms with Crippen molar-refractivity contribution in [3.63, 3.8) is 0 Å². The van der Waals surface area contributed by atoms with E-state index in [9.17, 15) is 13.2 Å². The van der Waals surface area contributed by atoms with E-state index in [0.717, 1.165) is 15.4 Å². The van der Waals surface area contributed by atoms with Crippen molar-refractivity contribution >= 4 is 21.7 Å². The second-order valence-electron chi connectivity index (χ2n) is 4.94. The van der Waals surface area contributed by atoms with Crippen LogP contribution in [0.1, 0.15) is 11.1 Å². The second-order valence-corrected chi connectivity index (χ2v) is 6.80. The Morgan fingerprint density at radius 1 is 1.05 bits per heavy atom. The van der Waals surface area contributed by atoms with E-state index < -0.39 is 22.5 Å². The number of carboxylic acids is 1. The fourth-order valence-corrected chi connectivity index (χ4v) is 3.64. The highest BCUT2D eigenvalue weighted by molar-refractivity contribution is 7.92. The number of hydrogen-bond donors (Lipinski definition) is 1. The van der Waals surface area contributed by atoms with Crippen LogP contribution in [-0.4, -0.2) is 26.0 Å². The standard InChI is InChI=1S/C16H17NO4S/c1-12-7-6-10-15(13(12)2)17(11-16(18)19)22(20,21)14-8-4-3-5-9-14/h3-10H,11H2,1-2H3,(H,18,19). The van der Waals surface area contributed by atoms with Gasteiger partial charge in [0, 0.05) is 0 Å². The van der Waals surface area contributed by atoms with E-state index in [1.54, 1.807) is 37.3 Å². The Kier molecular flexibility index (Phi) is 4.51. The maximum atomic E-state index is 12.8. The molecular formula is C16H17NO4S. The van der Waals surface area contributed by atoms with E-state index in [-0.39, 0.29) is 4.90 Å². The zero-order chi connectivity index (χ0) is 16.3.